The third-order valence-corrected chi connectivity index (χ3v) is 3.29. The van der Waals surface area contributed by atoms with Crippen molar-refractivity contribution in [2.24, 2.45) is 0 Å². The molecule has 0 saturated carbocycles. The van der Waals surface area contributed by atoms with Crippen LogP contribution in [0.5, 0.6) is 5.75 Å². The van der Waals surface area contributed by atoms with Gasteiger partial charge in [0.15, 0.2) is 0 Å². The Morgan fingerprint density at radius 3 is 2.90 bits per heavy atom. The Morgan fingerprint density at radius 1 is 1.40 bits per heavy atom. The Kier molecular flexibility index (Phi) is 4.20. The minimum absolute atomic E-state index is 0.175. The number of fused-ring (bicyclic) bond motifs is 1. The first-order chi connectivity index (χ1) is 9.59. The summed E-state index contributed by atoms with van der Waals surface area (Å²) in [7, 11) is 3.06. The fraction of sp³-hybridized carbons (Fsp3) is 0.333. The maximum atomic E-state index is 11.7. The zero-order valence-corrected chi connectivity index (χ0v) is 11.8. The molecule has 0 spiro atoms. The second kappa shape index (κ2) is 5.88. The highest BCUT2D eigenvalue weighted by Gasteiger charge is 2.33. The van der Waals surface area contributed by atoms with Crippen LogP contribution in [-0.4, -0.2) is 37.3 Å². The molecule has 1 unspecified atom stereocenters. The van der Waals surface area contributed by atoms with Crippen LogP contribution in [0.15, 0.2) is 36.5 Å². The minimum atomic E-state index is -0.881. The fourth-order valence-electron chi connectivity index (χ4n) is 1.82. The van der Waals surface area contributed by atoms with E-state index in [4.69, 9.17) is 9.47 Å². The summed E-state index contributed by atoms with van der Waals surface area (Å²) in [4.78, 5) is 16.0. The molecule has 0 fully saturated rings. The number of rotatable bonds is 5. The lowest BCUT2D eigenvalue weighted by atomic mass is 10.1. The zero-order valence-electron chi connectivity index (χ0n) is 11.8. The summed E-state index contributed by atoms with van der Waals surface area (Å²) in [5.41, 5.74) is -0.0254. The molecule has 0 bridgehead atoms. The molecule has 1 aromatic heterocycles. The van der Waals surface area contributed by atoms with Crippen molar-refractivity contribution >= 4 is 16.9 Å². The van der Waals surface area contributed by atoms with E-state index in [2.05, 4.69) is 10.3 Å². The van der Waals surface area contributed by atoms with Crippen LogP contribution in [0, 0.1) is 0 Å². The van der Waals surface area contributed by atoms with Crippen molar-refractivity contribution in [3.8, 4) is 5.75 Å². The summed E-state index contributed by atoms with van der Waals surface area (Å²) in [6, 6.07) is 9.52. The highest BCUT2D eigenvalue weighted by Crippen LogP contribution is 2.20. The Balaban J connectivity index is 2.14. The van der Waals surface area contributed by atoms with E-state index in [-0.39, 0.29) is 12.6 Å². The first-order valence-electron chi connectivity index (χ1n) is 6.34. The number of nitrogens with one attached hydrogen (secondary N) is 1. The fourth-order valence-corrected chi connectivity index (χ4v) is 1.82. The van der Waals surface area contributed by atoms with Crippen LogP contribution in [0.4, 0.5) is 0 Å². The van der Waals surface area contributed by atoms with E-state index in [1.165, 1.54) is 7.11 Å². The summed E-state index contributed by atoms with van der Waals surface area (Å²) >= 11 is 0. The van der Waals surface area contributed by atoms with Gasteiger partial charge in [0.05, 0.1) is 12.6 Å². The molecule has 1 atom stereocenters. The summed E-state index contributed by atoms with van der Waals surface area (Å²) in [6.07, 6.45) is 1.73. The standard InChI is InChI=1S/C15H18N2O3/c1-15(16-2,14(18)19-3)10-20-12-7-6-11-5-4-8-17-13(11)9-12/h4-9,16H,10H2,1-3H3. The summed E-state index contributed by atoms with van der Waals surface area (Å²) in [5, 5.41) is 3.97. The van der Waals surface area contributed by atoms with Gasteiger partial charge in [-0.05, 0) is 32.2 Å². The molecule has 5 nitrogen and oxygen atoms in total. The van der Waals surface area contributed by atoms with Crippen LogP contribution < -0.4 is 10.1 Å². The third-order valence-electron chi connectivity index (χ3n) is 3.29. The van der Waals surface area contributed by atoms with Gasteiger partial charge in [-0.15, -0.1) is 0 Å². The van der Waals surface area contributed by atoms with E-state index in [9.17, 15) is 4.79 Å². The van der Waals surface area contributed by atoms with E-state index < -0.39 is 5.54 Å². The number of pyridine rings is 1. The number of hydrogen-bond acceptors (Lipinski definition) is 5. The van der Waals surface area contributed by atoms with E-state index in [0.717, 1.165) is 10.9 Å². The second-order valence-electron chi connectivity index (χ2n) is 4.72. The van der Waals surface area contributed by atoms with Gasteiger partial charge >= 0.3 is 5.97 Å². The van der Waals surface area contributed by atoms with Gasteiger partial charge in [0, 0.05) is 17.6 Å². The molecule has 1 aromatic carbocycles. The number of methoxy groups -OCH3 is 1. The second-order valence-corrected chi connectivity index (χ2v) is 4.72. The Bertz CT molecular complexity index is 615. The smallest absolute Gasteiger partial charge is 0.329 e. The van der Waals surface area contributed by atoms with Crippen LogP contribution in [0.25, 0.3) is 10.9 Å². The number of nitrogens with zero attached hydrogens (tertiary/aromatic N) is 1. The number of hydrogen-bond donors (Lipinski definition) is 1. The van der Waals surface area contributed by atoms with Crippen LogP contribution >= 0.6 is 0 Å². The number of carbonyl (C=O) groups excluding carboxylic acids is 1. The number of likely N-dealkylation sites (N-methyl/N-ethyl adjacent to an activating group) is 1. The van der Waals surface area contributed by atoms with E-state index in [1.54, 1.807) is 20.2 Å². The predicted octanol–water partition coefficient (Wildman–Crippen LogP) is 1.76. The lowest BCUT2D eigenvalue weighted by Gasteiger charge is -2.25. The minimum Gasteiger partial charge on any atom is -0.491 e. The zero-order chi connectivity index (χ0) is 14.6. The summed E-state index contributed by atoms with van der Waals surface area (Å²) in [6.45, 7) is 1.91. The van der Waals surface area contributed by atoms with Crippen molar-refractivity contribution in [2.45, 2.75) is 12.5 Å². The maximum Gasteiger partial charge on any atom is 0.329 e. The van der Waals surface area contributed by atoms with Crippen LogP contribution in [0.1, 0.15) is 6.92 Å². The molecule has 106 valence electrons. The van der Waals surface area contributed by atoms with Crippen molar-refractivity contribution < 1.29 is 14.3 Å². The van der Waals surface area contributed by atoms with Gasteiger partial charge in [-0.2, -0.15) is 0 Å². The van der Waals surface area contributed by atoms with Gasteiger partial charge in [0.2, 0.25) is 0 Å². The molecule has 0 saturated heterocycles. The van der Waals surface area contributed by atoms with Gasteiger partial charge in [0.25, 0.3) is 0 Å². The normalized spacial score (nSPS) is 13.8. The lowest BCUT2D eigenvalue weighted by molar-refractivity contribution is -0.148. The first kappa shape index (κ1) is 14.3. The topological polar surface area (TPSA) is 60.5 Å². The van der Waals surface area contributed by atoms with Crippen LogP contribution in [-0.2, 0) is 9.53 Å². The molecule has 0 aliphatic carbocycles. The SMILES string of the molecule is CNC(C)(COc1ccc2cccnc2c1)C(=O)OC. The van der Waals surface area contributed by atoms with Crippen molar-refractivity contribution in [1.82, 2.24) is 10.3 Å². The number of benzene rings is 1. The van der Waals surface area contributed by atoms with Gasteiger partial charge < -0.3 is 14.8 Å². The molecule has 2 aromatic rings. The number of aromatic nitrogens is 1. The molecular formula is C15H18N2O3. The largest absolute Gasteiger partial charge is 0.491 e. The quantitative estimate of drug-likeness (QED) is 0.842. The van der Waals surface area contributed by atoms with Crippen LogP contribution in [0.3, 0.4) is 0 Å². The maximum absolute atomic E-state index is 11.7. The molecule has 1 heterocycles. The van der Waals surface area contributed by atoms with Crippen LogP contribution in [0.2, 0.25) is 0 Å². The van der Waals surface area contributed by atoms with E-state index in [0.29, 0.717) is 5.75 Å². The van der Waals surface area contributed by atoms with Crippen molar-refractivity contribution in [1.29, 1.82) is 0 Å². The number of esters is 1. The first-order valence-corrected chi connectivity index (χ1v) is 6.34. The van der Waals surface area contributed by atoms with Crippen molar-refractivity contribution in [3.05, 3.63) is 36.5 Å². The highest BCUT2D eigenvalue weighted by molar-refractivity contribution is 5.81. The third kappa shape index (κ3) is 2.88. The van der Waals surface area contributed by atoms with Gasteiger partial charge in [-0.3, -0.25) is 4.98 Å². The van der Waals surface area contributed by atoms with Gasteiger partial charge in [0.1, 0.15) is 17.9 Å². The van der Waals surface area contributed by atoms with Crippen molar-refractivity contribution in [2.75, 3.05) is 20.8 Å². The predicted molar refractivity (Wildman–Crippen MR) is 76.7 cm³/mol. The molecule has 20 heavy (non-hydrogen) atoms. The summed E-state index contributed by atoms with van der Waals surface area (Å²) in [5.74, 6) is 0.306. The molecule has 0 amide bonds. The van der Waals surface area contributed by atoms with E-state index >= 15 is 0 Å². The summed E-state index contributed by atoms with van der Waals surface area (Å²) < 4.78 is 10.5. The lowest BCUT2D eigenvalue weighted by Crippen LogP contribution is -2.52. The van der Waals surface area contributed by atoms with E-state index in [1.807, 2.05) is 30.3 Å². The highest BCUT2D eigenvalue weighted by atomic mass is 16.5. The molecule has 5 heteroatoms. The van der Waals surface area contributed by atoms with Gasteiger partial charge in [-0.25, -0.2) is 4.79 Å². The molecule has 2 rings (SSSR count). The Morgan fingerprint density at radius 2 is 2.20 bits per heavy atom. The molecule has 1 N–H and O–H groups in total. The molecule has 0 aliphatic rings. The number of carbonyl (C=O) groups is 1. The number of ether oxygens (including phenoxy) is 2. The van der Waals surface area contributed by atoms with Gasteiger partial charge in [-0.1, -0.05) is 6.07 Å². The average molecular weight is 274 g/mol. The molecular weight excluding hydrogens is 256 g/mol. The Hall–Kier alpha value is -2.14. The van der Waals surface area contributed by atoms with Crippen molar-refractivity contribution in [3.63, 3.8) is 0 Å². The monoisotopic (exact) mass is 274 g/mol. The Labute approximate surface area is 117 Å². The average Bonchev–Trinajstić information content (AvgIpc) is 2.51. The molecule has 0 radical (unpaired) electrons. The molecule has 0 aliphatic heterocycles.